The lowest BCUT2D eigenvalue weighted by Crippen LogP contribution is -2.15. The van der Waals surface area contributed by atoms with Crippen LogP contribution in [0, 0.1) is 0 Å². The van der Waals surface area contributed by atoms with Gasteiger partial charge in [-0.2, -0.15) is 0 Å². The number of methoxy groups -OCH3 is 1. The Morgan fingerprint density at radius 3 is 2.60 bits per heavy atom. The molecule has 0 bridgehead atoms. The molecule has 3 heteroatoms. The monoisotopic (exact) mass is 207 g/mol. The summed E-state index contributed by atoms with van der Waals surface area (Å²) in [6.07, 6.45) is 1.18. The summed E-state index contributed by atoms with van der Waals surface area (Å²) >= 11 is 0. The third-order valence-electron chi connectivity index (χ3n) is 3.05. The number of hydrogen-bond donors (Lipinski definition) is 1. The summed E-state index contributed by atoms with van der Waals surface area (Å²) in [6.45, 7) is 0. The lowest BCUT2D eigenvalue weighted by molar-refractivity contribution is 0.372. The Bertz CT molecular complexity index is 363. The number of aromatic hydroxyl groups is 1. The molecule has 2 rings (SSSR count). The van der Waals surface area contributed by atoms with Gasteiger partial charge < -0.3 is 14.7 Å². The Balaban J connectivity index is 2.15. The molecule has 0 spiro atoms. The fourth-order valence-corrected chi connectivity index (χ4v) is 2.05. The third kappa shape index (κ3) is 1.92. The van der Waals surface area contributed by atoms with Crippen LogP contribution in [0.1, 0.15) is 17.9 Å². The smallest absolute Gasteiger partial charge is 0.160 e. The first-order valence-electron chi connectivity index (χ1n) is 5.17. The fraction of sp³-hybridized carbons (Fsp3) is 0.500. The first kappa shape index (κ1) is 10.3. The number of phenols is 1. The summed E-state index contributed by atoms with van der Waals surface area (Å²) in [5.41, 5.74) is 1.20. The molecular weight excluding hydrogens is 190 g/mol. The Labute approximate surface area is 90.3 Å². The molecule has 1 aliphatic carbocycles. The van der Waals surface area contributed by atoms with Crippen LogP contribution in [0.25, 0.3) is 0 Å². The van der Waals surface area contributed by atoms with Crippen molar-refractivity contribution >= 4 is 0 Å². The molecule has 15 heavy (non-hydrogen) atoms. The first-order chi connectivity index (χ1) is 7.13. The molecule has 3 nitrogen and oxygen atoms in total. The van der Waals surface area contributed by atoms with E-state index < -0.39 is 0 Å². The topological polar surface area (TPSA) is 32.7 Å². The molecule has 0 radical (unpaired) electrons. The van der Waals surface area contributed by atoms with Crippen molar-refractivity contribution in [3.8, 4) is 11.5 Å². The molecule has 1 aromatic carbocycles. The highest BCUT2D eigenvalue weighted by molar-refractivity contribution is 5.44. The van der Waals surface area contributed by atoms with Crippen LogP contribution >= 0.6 is 0 Å². The fourth-order valence-electron chi connectivity index (χ4n) is 2.05. The van der Waals surface area contributed by atoms with Gasteiger partial charge in [-0.1, -0.05) is 6.07 Å². The van der Waals surface area contributed by atoms with E-state index in [4.69, 9.17) is 4.74 Å². The molecule has 2 atom stereocenters. The second kappa shape index (κ2) is 3.74. The first-order valence-corrected chi connectivity index (χ1v) is 5.17. The van der Waals surface area contributed by atoms with E-state index >= 15 is 0 Å². The lowest BCUT2D eigenvalue weighted by Gasteiger charge is -2.09. The summed E-state index contributed by atoms with van der Waals surface area (Å²) in [4.78, 5) is 2.23. The summed E-state index contributed by atoms with van der Waals surface area (Å²) in [7, 11) is 5.75. The highest BCUT2D eigenvalue weighted by Crippen LogP contribution is 2.45. The second-order valence-electron chi connectivity index (χ2n) is 4.30. The number of phenolic OH excluding ortho intramolecular Hbond substituents is 1. The van der Waals surface area contributed by atoms with Gasteiger partial charge >= 0.3 is 0 Å². The van der Waals surface area contributed by atoms with Crippen molar-refractivity contribution in [2.45, 2.75) is 18.4 Å². The highest BCUT2D eigenvalue weighted by atomic mass is 16.5. The standard InChI is InChI=1S/C12H17NO2/c1-13(2)10-7-9(10)8-4-5-12(15-3)11(14)6-8/h4-6,9-10,14H,7H2,1-3H3. The molecule has 2 unspecified atom stereocenters. The molecule has 1 aromatic rings. The average Bonchev–Trinajstić information content (AvgIpc) is 2.97. The highest BCUT2D eigenvalue weighted by Gasteiger charge is 2.40. The minimum atomic E-state index is 0.236. The third-order valence-corrected chi connectivity index (χ3v) is 3.05. The Morgan fingerprint density at radius 2 is 2.13 bits per heavy atom. The summed E-state index contributed by atoms with van der Waals surface area (Å²) in [5, 5.41) is 9.65. The Morgan fingerprint density at radius 1 is 1.40 bits per heavy atom. The molecule has 0 amide bonds. The summed E-state index contributed by atoms with van der Waals surface area (Å²) in [6, 6.07) is 6.30. The quantitative estimate of drug-likeness (QED) is 0.820. The van der Waals surface area contributed by atoms with Crippen LogP contribution in [-0.2, 0) is 0 Å². The van der Waals surface area contributed by atoms with Gasteiger partial charge in [0, 0.05) is 12.0 Å². The molecule has 0 aliphatic heterocycles. The number of rotatable bonds is 3. The summed E-state index contributed by atoms with van der Waals surface area (Å²) < 4.78 is 5.01. The van der Waals surface area contributed by atoms with Crippen LogP contribution in [0.15, 0.2) is 18.2 Å². The SMILES string of the molecule is COc1ccc(C2CC2N(C)C)cc1O. The Hall–Kier alpha value is -1.22. The number of benzene rings is 1. The van der Waals surface area contributed by atoms with Crippen LogP contribution in [0.3, 0.4) is 0 Å². The van der Waals surface area contributed by atoms with E-state index in [9.17, 15) is 5.11 Å². The van der Waals surface area contributed by atoms with Gasteiger partial charge in [0.15, 0.2) is 11.5 Å². The molecule has 1 N–H and O–H groups in total. The molecule has 0 heterocycles. The normalized spacial score (nSPS) is 24.3. The summed E-state index contributed by atoms with van der Waals surface area (Å²) in [5.74, 6) is 1.34. The number of ether oxygens (including phenoxy) is 1. The van der Waals surface area contributed by atoms with E-state index in [2.05, 4.69) is 19.0 Å². The number of hydrogen-bond acceptors (Lipinski definition) is 3. The van der Waals surface area contributed by atoms with Gasteiger partial charge in [-0.3, -0.25) is 0 Å². The minimum absolute atomic E-state index is 0.236. The van der Waals surface area contributed by atoms with Gasteiger partial charge in [0.05, 0.1) is 7.11 Å². The second-order valence-corrected chi connectivity index (χ2v) is 4.30. The van der Waals surface area contributed by atoms with Crippen molar-refractivity contribution in [1.82, 2.24) is 4.90 Å². The average molecular weight is 207 g/mol. The van der Waals surface area contributed by atoms with Gasteiger partial charge in [-0.15, -0.1) is 0 Å². The van der Waals surface area contributed by atoms with Crippen LogP contribution in [0.2, 0.25) is 0 Å². The largest absolute Gasteiger partial charge is 0.504 e. The maximum Gasteiger partial charge on any atom is 0.160 e. The predicted octanol–water partition coefficient (Wildman–Crippen LogP) is 1.82. The zero-order chi connectivity index (χ0) is 11.0. The van der Waals surface area contributed by atoms with Crippen LogP contribution < -0.4 is 4.74 Å². The predicted molar refractivity (Wildman–Crippen MR) is 59.5 cm³/mol. The molecule has 1 fully saturated rings. The van der Waals surface area contributed by atoms with Gasteiger partial charge in [0.25, 0.3) is 0 Å². The van der Waals surface area contributed by atoms with E-state index in [1.807, 2.05) is 18.2 Å². The van der Waals surface area contributed by atoms with Crippen molar-refractivity contribution in [1.29, 1.82) is 0 Å². The molecule has 1 saturated carbocycles. The molecule has 0 aromatic heterocycles. The van der Waals surface area contributed by atoms with Gasteiger partial charge in [-0.25, -0.2) is 0 Å². The maximum absolute atomic E-state index is 9.65. The zero-order valence-corrected chi connectivity index (χ0v) is 9.40. The van der Waals surface area contributed by atoms with Crippen molar-refractivity contribution < 1.29 is 9.84 Å². The van der Waals surface area contributed by atoms with Crippen molar-refractivity contribution in [2.24, 2.45) is 0 Å². The molecule has 0 saturated heterocycles. The van der Waals surface area contributed by atoms with Crippen LogP contribution in [-0.4, -0.2) is 37.3 Å². The lowest BCUT2D eigenvalue weighted by atomic mass is 10.1. The number of nitrogens with zero attached hydrogens (tertiary/aromatic N) is 1. The van der Waals surface area contributed by atoms with E-state index in [-0.39, 0.29) is 5.75 Å². The Kier molecular flexibility index (Phi) is 2.57. The van der Waals surface area contributed by atoms with Gasteiger partial charge in [0.1, 0.15) is 0 Å². The van der Waals surface area contributed by atoms with E-state index in [1.54, 1.807) is 7.11 Å². The van der Waals surface area contributed by atoms with E-state index in [1.165, 1.54) is 12.0 Å². The molecule has 82 valence electrons. The van der Waals surface area contributed by atoms with Gasteiger partial charge in [0.2, 0.25) is 0 Å². The molecular formula is C12H17NO2. The van der Waals surface area contributed by atoms with Crippen molar-refractivity contribution in [2.75, 3.05) is 21.2 Å². The van der Waals surface area contributed by atoms with Gasteiger partial charge in [-0.05, 0) is 38.2 Å². The van der Waals surface area contributed by atoms with E-state index in [0.29, 0.717) is 17.7 Å². The maximum atomic E-state index is 9.65. The van der Waals surface area contributed by atoms with Crippen molar-refractivity contribution in [3.05, 3.63) is 23.8 Å². The van der Waals surface area contributed by atoms with Crippen LogP contribution in [0.4, 0.5) is 0 Å². The zero-order valence-electron chi connectivity index (χ0n) is 9.40. The molecule has 1 aliphatic rings. The number of likely N-dealkylation sites (N-methyl/N-ethyl adjacent to an activating group) is 1. The minimum Gasteiger partial charge on any atom is -0.504 e. The van der Waals surface area contributed by atoms with Crippen molar-refractivity contribution in [3.63, 3.8) is 0 Å². The van der Waals surface area contributed by atoms with Crippen LogP contribution in [0.5, 0.6) is 11.5 Å². The van der Waals surface area contributed by atoms with E-state index in [0.717, 1.165) is 0 Å².